The molecule has 2 aromatic carbocycles. The van der Waals surface area contributed by atoms with E-state index in [1.807, 2.05) is 53.2 Å². The second-order valence-corrected chi connectivity index (χ2v) is 18.7. The van der Waals surface area contributed by atoms with Gasteiger partial charge in [-0.05, 0) is 50.3 Å². The number of anilines is 1. The summed E-state index contributed by atoms with van der Waals surface area (Å²) in [7, 11) is -1.21. The molecular weight excluding hydrogens is 568 g/mol. The number of benzene rings is 2. The SMILES string of the molecule is C=Cc1cnc(N[C@@H]2CCC[C@](C)(NC(=O)OCc3ccccc3)C2)nc1-c1c2ccccc2nn1COCC[Si](C)(C)C. The molecule has 5 rings (SSSR count). The zero-order chi connectivity index (χ0) is 31.2. The predicted octanol–water partition coefficient (Wildman–Crippen LogP) is 7.49. The van der Waals surface area contributed by atoms with E-state index in [1.54, 1.807) is 12.3 Å². The highest BCUT2D eigenvalue weighted by molar-refractivity contribution is 6.76. The smallest absolute Gasteiger partial charge is 0.407 e. The Morgan fingerprint density at radius 2 is 1.93 bits per heavy atom. The first kappa shape index (κ1) is 31.4. The minimum Gasteiger partial charge on any atom is -0.445 e. The molecule has 1 saturated carbocycles. The van der Waals surface area contributed by atoms with Gasteiger partial charge in [0.15, 0.2) is 0 Å². The minimum atomic E-state index is -1.21. The Hall–Kier alpha value is -4.02. The maximum atomic E-state index is 12.7. The molecule has 0 unspecified atom stereocenters. The molecule has 0 saturated heterocycles. The molecule has 1 amide bonds. The molecule has 2 heterocycles. The summed E-state index contributed by atoms with van der Waals surface area (Å²) in [5.74, 6) is 0.531. The zero-order valence-corrected chi connectivity index (χ0v) is 27.3. The predicted molar refractivity (Wildman–Crippen MR) is 179 cm³/mol. The third-order valence-corrected chi connectivity index (χ3v) is 9.75. The number of rotatable bonds is 12. The number of amides is 1. The van der Waals surface area contributed by atoms with Crippen molar-refractivity contribution in [1.29, 1.82) is 0 Å². The second-order valence-electron chi connectivity index (χ2n) is 13.1. The van der Waals surface area contributed by atoms with Gasteiger partial charge in [0.25, 0.3) is 0 Å². The van der Waals surface area contributed by atoms with Crippen molar-refractivity contribution in [2.24, 2.45) is 0 Å². The average Bonchev–Trinajstić information content (AvgIpc) is 3.36. The quantitative estimate of drug-likeness (QED) is 0.126. The highest BCUT2D eigenvalue weighted by Crippen LogP contribution is 2.33. The van der Waals surface area contributed by atoms with E-state index in [9.17, 15) is 4.79 Å². The molecule has 0 spiro atoms. The Kier molecular flexibility index (Phi) is 9.80. The van der Waals surface area contributed by atoms with Crippen molar-refractivity contribution in [3.05, 3.63) is 78.5 Å². The summed E-state index contributed by atoms with van der Waals surface area (Å²) in [6, 6.07) is 18.9. The van der Waals surface area contributed by atoms with Gasteiger partial charge in [-0.2, -0.15) is 5.10 Å². The van der Waals surface area contributed by atoms with Crippen LogP contribution in [0.3, 0.4) is 0 Å². The number of aromatic nitrogens is 4. The molecule has 2 N–H and O–H groups in total. The molecule has 0 radical (unpaired) electrons. The molecule has 0 aliphatic heterocycles. The van der Waals surface area contributed by atoms with Gasteiger partial charge in [-0.3, -0.25) is 0 Å². The lowest BCUT2D eigenvalue weighted by molar-refractivity contribution is 0.0802. The van der Waals surface area contributed by atoms with Crippen LogP contribution in [0.5, 0.6) is 0 Å². The molecule has 2 aromatic heterocycles. The van der Waals surface area contributed by atoms with Crippen LogP contribution in [-0.2, 0) is 22.8 Å². The number of carbonyl (C=O) groups is 1. The van der Waals surface area contributed by atoms with E-state index in [0.717, 1.165) is 65.1 Å². The lowest BCUT2D eigenvalue weighted by Crippen LogP contribution is -2.51. The van der Waals surface area contributed by atoms with Crippen LogP contribution in [0.25, 0.3) is 28.4 Å². The van der Waals surface area contributed by atoms with Gasteiger partial charge in [0.05, 0.1) is 11.2 Å². The van der Waals surface area contributed by atoms with Crippen molar-refractivity contribution in [1.82, 2.24) is 25.1 Å². The average molecular weight is 613 g/mol. The largest absolute Gasteiger partial charge is 0.445 e. The van der Waals surface area contributed by atoms with Crippen LogP contribution >= 0.6 is 0 Å². The summed E-state index contributed by atoms with van der Waals surface area (Å²) in [6.45, 7) is 14.4. The first-order valence-corrected chi connectivity index (χ1v) is 19.1. The van der Waals surface area contributed by atoms with Gasteiger partial charge in [-0.15, -0.1) is 0 Å². The molecule has 9 nitrogen and oxygen atoms in total. The number of hydrogen-bond donors (Lipinski definition) is 2. The third kappa shape index (κ3) is 8.12. The van der Waals surface area contributed by atoms with Gasteiger partial charge in [0.2, 0.25) is 5.95 Å². The van der Waals surface area contributed by atoms with Crippen molar-refractivity contribution in [3.63, 3.8) is 0 Å². The number of nitrogens with one attached hydrogen (secondary N) is 2. The number of ether oxygens (including phenoxy) is 2. The van der Waals surface area contributed by atoms with Crippen LogP contribution in [0, 0.1) is 0 Å². The first-order valence-electron chi connectivity index (χ1n) is 15.4. The summed E-state index contributed by atoms with van der Waals surface area (Å²) < 4.78 is 13.5. The zero-order valence-electron chi connectivity index (χ0n) is 26.3. The van der Waals surface area contributed by atoms with E-state index >= 15 is 0 Å². The Bertz CT molecular complexity index is 1590. The highest BCUT2D eigenvalue weighted by atomic mass is 28.3. The molecule has 1 aliphatic rings. The van der Waals surface area contributed by atoms with Crippen LogP contribution in [0.4, 0.5) is 10.7 Å². The van der Waals surface area contributed by atoms with Crippen LogP contribution < -0.4 is 10.6 Å². The fourth-order valence-electron chi connectivity index (χ4n) is 5.66. The summed E-state index contributed by atoms with van der Waals surface area (Å²) in [6.07, 6.45) is 6.67. The molecule has 2 atom stereocenters. The molecule has 232 valence electrons. The van der Waals surface area contributed by atoms with Crippen molar-refractivity contribution in [3.8, 4) is 11.4 Å². The van der Waals surface area contributed by atoms with Gasteiger partial charge in [-0.25, -0.2) is 19.4 Å². The van der Waals surface area contributed by atoms with Crippen molar-refractivity contribution in [2.75, 3.05) is 11.9 Å². The van der Waals surface area contributed by atoms with E-state index in [2.05, 4.69) is 54.8 Å². The normalized spacial score (nSPS) is 18.6. The van der Waals surface area contributed by atoms with Crippen molar-refractivity contribution >= 4 is 37.1 Å². The monoisotopic (exact) mass is 612 g/mol. The molecular formula is C34H44N6O3Si. The number of hydrogen-bond acceptors (Lipinski definition) is 7. The van der Waals surface area contributed by atoms with Crippen LogP contribution in [0.1, 0.15) is 43.7 Å². The van der Waals surface area contributed by atoms with Crippen molar-refractivity contribution < 1.29 is 14.3 Å². The van der Waals surface area contributed by atoms with Crippen LogP contribution in [-0.4, -0.2) is 52.1 Å². The molecule has 1 fully saturated rings. The van der Waals surface area contributed by atoms with E-state index in [4.69, 9.17) is 19.6 Å². The summed E-state index contributed by atoms with van der Waals surface area (Å²) in [5, 5.41) is 12.5. The molecule has 44 heavy (non-hydrogen) atoms. The van der Waals surface area contributed by atoms with E-state index < -0.39 is 19.7 Å². The number of carbonyl (C=O) groups excluding carboxylic acids is 1. The number of fused-ring (bicyclic) bond motifs is 1. The topological polar surface area (TPSA) is 103 Å². The first-order chi connectivity index (χ1) is 21.1. The fraction of sp³-hybridized carbons (Fsp3) is 0.412. The Morgan fingerprint density at radius 1 is 1.16 bits per heavy atom. The van der Waals surface area contributed by atoms with Crippen molar-refractivity contribution in [2.45, 2.75) is 83.2 Å². The Balaban J connectivity index is 1.31. The fourth-order valence-corrected chi connectivity index (χ4v) is 6.42. The third-order valence-electron chi connectivity index (χ3n) is 8.04. The van der Waals surface area contributed by atoms with Gasteiger partial charge in [0, 0.05) is 43.4 Å². The molecule has 1 aliphatic carbocycles. The van der Waals surface area contributed by atoms with Crippen LogP contribution in [0.2, 0.25) is 25.7 Å². The van der Waals surface area contributed by atoms with E-state index in [0.29, 0.717) is 19.3 Å². The summed E-state index contributed by atoms with van der Waals surface area (Å²) in [4.78, 5) is 22.3. The maximum absolute atomic E-state index is 12.7. The molecule has 0 bridgehead atoms. The number of nitrogens with zero attached hydrogens (tertiary/aromatic N) is 4. The van der Waals surface area contributed by atoms with Gasteiger partial charge >= 0.3 is 6.09 Å². The van der Waals surface area contributed by atoms with E-state index in [1.165, 1.54) is 0 Å². The Morgan fingerprint density at radius 3 is 2.70 bits per heavy atom. The molecule has 10 heteroatoms. The van der Waals surface area contributed by atoms with Gasteiger partial charge < -0.3 is 20.1 Å². The minimum absolute atomic E-state index is 0.0807. The van der Waals surface area contributed by atoms with Gasteiger partial charge in [-0.1, -0.05) is 80.8 Å². The Labute approximate surface area is 261 Å². The lowest BCUT2D eigenvalue weighted by Gasteiger charge is -2.38. The summed E-state index contributed by atoms with van der Waals surface area (Å²) >= 11 is 0. The second kappa shape index (κ2) is 13.7. The van der Waals surface area contributed by atoms with Gasteiger partial charge in [0.1, 0.15) is 19.0 Å². The highest BCUT2D eigenvalue weighted by Gasteiger charge is 2.34. The van der Waals surface area contributed by atoms with Crippen LogP contribution in [0.15, 0.2) is 67.4 Å². The van der Waals surface area contributed by atoms with E-state index in [-0.39, 0.29) is 12.6 Å². The molecule has 4 aromatic rings. The maximum Gasteiger partial charge on any atom is 0.407 e. The number of alkyl carbamates (subject to hydrolysis) is 1. The standard InChI is InChI=1S/C34H44N6O3Si/c1-6-26-22-35-32(36-27-15-12-18-34(2,21-27)38-33(41)43-23-25-13-8-7-9-14-25)37-30(26)31-28-16-10-11-17-29(28)39-40(31)24-42-19-20-44(3,4)5/h6-11,13-14,16-17,22,27H,1,12,15,18-21,23-24H2,2-5H3,(H,38,41)(H,35,36,37)/t27-,34+/m1/s1. The lowest BCUT2D eigenvalue weighted by atomic mass is 9.80. The summed E-state index contributed by atoms with van der Waals surface area (Å²) in [5.41, 5.74) is 3.88.